The van der Waals surface area contributed by atoms with Gasteiger partial charge in [-0.05, 0) is 61.6 Å². The fourth-order valence-corrected chi connectivity index (χ4v) is 5.00. The SMILES string of the molecule is Cc1ccc(NC(=O)COc2ccc3c4c(c(=O)oc3c2)CCC4)cc1S(=O)(=O)N(C)C. The summed E-state index contributed by atoms with van der Waals surface area (Å²) in [6, 6.07) is 9.88. The van der Waals surface area contributed by atoms with Gasteiger partial charge in [0, 0.05) is 36.8 Å². The molecule has 0 radical (unpaired) electrons. The zero-order chi connectivity index (χ0) is 23.0. The van der Waals surface area contributed by atoms with E-state index in [0.29, 0.717) is 22.6 Å². The number of nitrogens with zero attached hydrogens (tertiary/aromatic N) is 1. The van der Waals surface area contributed by atoms with E-state index in [1.165, 1.54) is 20.2 Å². The summed E-state index contributed by atoms with van der Waals surface area (Å²) in [6.07, 6.45) is 2.53. The van der Waals surface area contributed by atoms with Crippen molar-refractivity contribution in [2.24, 2.45) is 0 Å². The molecule has 0 bridgehead atoms. The molecular formula is C23H24N2O6S. The molecule has 0 aliphatic heterocycles. The van der Waals surface area contributed by atoms with Gasteiger partial charge >= 0.3 is 5.63 Å². The third kappa shape index (κ3) is 4.13. The number of fused-ring (bicyclic) bond motifs is 3. The Morgan fingerprint density at radius 1 is 1.12 bits per heavy atom. The van der Waals surface area contributed by atoms with Crippen LogP contribution in [0.5, 0.6) is 5.75 Å². The summed E-state index contributed by atoms with van der Waals surface area (Å²) >= 11 is 0. The van der Waals surface area contributed by atoms with Crippen LogP contribution in [0, 0.1) is 6.92 Å². The van der Waals surface area contributed by atoms with E-state index in [2.05, 4.69) is 5.32 Å². The average molecular weight is 457 g/mol. The fraction of sp³-hybridized carbons (Fsp3) is 0.304. The van der Waals surface area contributed by atoms with Crippen molar-refractivity contribution in [1.82, 2.24) is 4.31 Å². The van der Waals surface area contributed by atoms with Crippen LogP contribution in [-0.4, -0.2) is 39.3 Å². The van der Waals surface area contributed by atoms with Crippen LogP contribution in [0.15, 0.2) is 50.5 Å². The molecule has 8 nitrogen and oxygen atoms in total. The number of hydrogen-bond acceptors (Lipinski definition) is 6. The minimum Gasteiger partial charge on any atom is -0.484 e. The maximum absolute atomic E-state index is 12.5. The Morgan fingerprint density at radius 2 is 1.88 bits per heavy atom. The van der Waals surface area contributed by atoms with E-state index in [0.717, 1.165) is 40.1 Å². The van der Waals surface area contributed by atoms with E-state index in [1.807, 2.05) is 6.07 Å². The number of hydrogen-bond donors (Lipinski definition) is 1. The van der Waals surface area contributed by atoms with E-state index in [9.17, 15) is 18.0 Å². The van der Waals surface area contributed by atoms with Crippen LogP contribution in [-0.2, 0) is 27.7 Å². The molecule has 1 aromatic heterocycles. The smallest absolute Gasteiger partial charge is 0.339 e. The highest BCUT2D eigenvalue weighted by molar-refractivity contribution is 7.89. The van der Waals surface area contributed by atoms with Crippen LogP contribution in [0.4, 0.5) is 5.69 Å². The lowest BCUT2D eigenvalue weighted by molar-refractivity contribution is -0.118. The lowest BCUT2D eigenvalue weighted by Crippen LogP contribution is -2.24. The molecular weight excluding hydrogens is 432 g/mol. The Labute approximate surface area is 185 Å². The first-order valence-electron chi connectivity index (χ1n) is 10.2. The van der Waals surface area contributed by atoms with Gasteiger partial charge in [-0.15, -0.1) is 0 Å². The van der Waals surface area contributed by atoms with E-state index in [1.54, 1.807) is 31.2 Å². The van der Waals surface area contributed by atoms with Gasteiger partial charge in [0.05, 0.1) is 4.90 Å². The summed E-state index contributed by atoms with van der Waals surface area (Å²) in [6.45, 7) is 1.41. The number of carbonyl (C=O) groups excluding carboxylic acids is 1. The van der Waals surface area contributed by atoms with Gasteiger partial charge in [-0.25, -0.2) is 17.5 Å². The fourth-order valence-electron chi connectivity index (χ4n) is 3.85. The second-order valence-corrected chi connectivity index (χ2v) is 10.1. The molecule has 168 valence electrons. The van der Waals surface area contributed by atoms with Crippen molar-refractivity contribution >= 4 is 32.6 Å². The topological polar surface area (TPSA) is 106 Å². The predicted octanol–water partition coefficient (Wildman–Crippen LogP) is 2.86. The number of ether oxygens (including phenoxy) is 1. The molecule has 4 rings (SSSR count). The first-order chi connectivity index (χ1) is 15.2. The number of rotatable bonds is 6. The monoisotopic (exact) mass is 456 g/mol. The highest BCUT2D eigenvalue weighted by Gasteiger charge is 2.21. The Bertz CT molecular complexity index is 1380. The van der Waals surface area contributed by atoms with Crippen molar-refractivity contribution in [2.45, 2.75) is 31.1 Å². The number of benzene rings is 2. The number of sulfonamides is 1. The Morgan fingerprint density at radius 3 is 2.62 bits per heavy atom. The summed E-state index contributed by atoms with van der Waals surface area (Å²) in [5.41, 5.74) is 2.83. The average Bonchev–Trinajstić information content (AvgIpc) is 3.24. The molecule has 0 atom stereocenters. The Hall–Kier alpha value is -3.17. The number of amides is 1. The third-order valence-electron chi connectivity index (χ3n) is 5.55. The molecule has 1 aliphatic rings. The summed E-state index contributed by atoms with van der Waals surface area (Å²) in [5.74, 6) is -0.0499. The van der Waals surface area contributed by atoms with E-state index in [-0.39, 0.29) is 17.1 Å². The van der Waals surface area contributed by atoms with Gasteiger partial charge in [-0.3, -0.25) is 4.79 Å². The van der Waals surface area contributed by atoms with Crippen molar-refractivity contribution < 1.29 is 22.4 Å². The van der Waals surface area contributed by atoms with Crippen molar-refractivity contribution in [3.63, 3.8) is 0 Å². The summed E-state index contributed by atoms with van der Waals surface area (Å²) in [7, 11) is -0.731. The normalized spacial score (nSPS) is 13.4. The van der Waals surface area contributed by atoms with Crippen molar-refractivity contribution in [3.8, 4) is 5.75 Å². The van der Waals surface area contributed by atoms with Gasteiger partial charge in [-0.2, -0.15) is 0 Å². The number of anilines is 1. The first kappa shape index (κ1) is 22.0. The Kier molecular flexibility index (Phi) is 5.79. The minimum atomic E-state index is -3.64. The van der Waals surface area contributed by atoms with E-state index in [4.69, 9.17) is 9.15 Å². The summed E-state index contributed by atoms with van der Waals surface area (Å²) in [4.78, 5) is 24.6. The van der Waals surface area contributed by atoms with Crippen LogP contribution in [0.2, 0.25) is 0 Å². The van der Waals surface area contributed by atoms with E-state index >= 15 is 0 Å². The third-order valence-corrected chi connectivity index (χ3v) is 7.50. The molecule has 0 spiro atoms. The largest absolute Gasteiger partial charge is 0.484 e. The van der Waals surface area contributed by atoms with Crippen molar-refractivity contribution in [2.75, 3.05) is 26.0 Å². The molecule has 1 N–H and O–H groups in total. The number of aryl methyl sites for hydroxylation is 2. The second kappa shape index (κ2) is 8.40. The maximum Gasteiger partial charge on any atom is 0.339 e. The quantitative estimate of drug-likeness (QED) is 0.572. The van der Waals surface area contributed by atoms with Crippen LogP contribution in [0.25, 0.3) is 11.0 Å². The molecule has 0 saturated carbocycles. The lowest BCUT2D eigenvalue weighted by atomic mass is 10.1. The van der Waals surface area contributed by atoms with Crippen LogP contribution in [0.1, 0.15) is 23.1 Å². The van der Waals surface area contributed by atoms with Gasteiger partial charge in [0.15, 0.2) is 6.61 Å². The number of carbonyl (C=O) groups is 1. The predicted molar refractivity (Wildman–Crippen MR) is 121 cm³/mol. The molecule has 1 amide bonds. The molecule has 1 aliphatic carbocycles. The van der Waals surface area contributed by atoms with Crippen molar-refractivity contribution in [3.05, 3.63) is 63.5 Å². The van der Waals surface area contributed by atoms with Gasteiger partial charge in [-0.1, -0.05) is 6.07 Å². The summed E-state index contributed by atoms with van der Waals surface area (Å²) in [5, 5.41) is 3.54. The van der Waals surface area contributed by atoms with Gasteiger partial charge in [0.25, 0.3) is 5.91 Å². The Balaban J connectivity index is 1.47. The molecule has 9 heteroatoms. The molecule has 0 unspecified atom stereocenters. The van der Waals surface area contributed by atoms with Crippen molar-refractivity contribution in [1.29, 1.82) is 0 Å². The van der Waals surface area contributed by atoms with Gasteiger partial charge < -0.3 is 14.5 Å². The van der Waals surface area contributed by atoms with E-state index < -0.39 is 15.9 Å². The standard InChI is InChI=1S/C23H24N2O6S/c1-14-7-8-15(11-21(14)32(28,29)25(2)3)24-22(26)13-30-16-9-10-18-17-5-4-6-19(17)23(27)31-20(18)12-16/h7-12H,4-6,13H2,1-3H3,(H,24,26). The van der Waals surface area contributed by atoms with Gasteiger partial charge in [0.2, 0.25) is 10.0 Å². The highest BCUT2D eigenvalue weighted by Crippen LogP contribution is 2.29. The second-order valence-electron chi connectivity index (χ2n) is 7.96. The first-order valence-corrected chi connectivity index (χ1v) is 11.7. The molecule has 3 aromatic rings. The van der Waals surface area contributed by atoms with Gasteiger partial charge in [0.1, 0.15) is 11.3 Å². The zero-order valence-corrected chi connectivity index (χ0v) is 18.9. The number of nitrogens with one attached hydrogen (secondary N) is 1. The molecule has 32 heavy (non-hydrogen) atoms. The minimum absolute atomic E-state index is 0.123. The van der Waals surface area contributed by atoms with Crippen LogP contribution in [0.3, 0.4) is 0 Å². The highest BCUT2D eigenvalue weighted by atomic mass is 32.2. The molecule has 0 saturated heterocycles. The molecule has 0 fully saturated rings. The van der Waals surface area contributed by atoms with Crippen LogP contribution >= 0.6 is 0 Å². The zero-order valence-electron chi connectivity index (χ0n) is 18.1. The maximum atomic E-state index is 12.5. The summed E-state index contributed by atoms with van der Waals surface area (Å²) < 4.78 is 37.0. The molecule has 1 heterocycles. The van der Waals surface area contributed by atoms with Crippen LogP contribution < -0.4 is 15.7 Å². The molecule has 2 aromatic carbocycles. The lowest BCUT2D eigenvalue weighted by Gasteiger charge is -2.15.